The predicted molar refractivity (Wildman–Crippen MR) is 114 cm³/mol. The zero-order valence-electron chi connectivity index (χ0n) is 16.2. The molecule has 3 aromatic rings. The van der Waals surface area contributed by atoms with E-state index >= 15 is 0 Å². The van der Waals surface area contributed by atoms with Gasteiger partial charge >= 0.3 is 0 Å². The van der Waals surface area contributed by atoms with Crippen LogP contribution >= 0.6 is 11.6 Å². The number of pyridine rings is 1. The normalized spacial score (nSPS) is 19.0. The lowest BCUT2D eigenvalue weighted by Gasteiger charge is -2.34. The molecule has 1 aliphatic rings. The third-order valence-corrected chi connectivity index (χ3v) is 6.72. The summed E-state index contributed by atoms with van der Waals surface area (Å²) in [7, 11) is 0. The van der Waals surface area contributed by atoms with Crippen LogP contribution in [-0.2, 0) is 11.4 Å². The van der Waals surface area contributed by atoms with E-state index in [4.69, 9.17) is 11.6 Å². The van der Waals surface area contributed by atoms with Crippen LogP contribution in [0.4, 0.5) is 10.2 Å². The molecular weight excluding hydrogens is 415 g/mol. The quantitative estimate of drug-likeness (QED) is 0.591. The molecule has 7 nitrogen and oxygen atoms in total. The van der Waals surface area contributed by atoms with Crippen molar-refractivity contribution in [2.24, 2.45) is 0 Å². The monoisotopic (exact) mass is 436 g/mol. The van der Waals surface area contributed by atoms with E-state index in [0.717, 1.165) is 31.0 Å². The number of rotatable bonds is 5. The van der Waals surface area contributed by atoms with E-state index in [1.165, 1.54) is 0 Å². The first-order chi connectivity index (χ1) is 13.9. The van der Waals surface area contributed by atoms with Gasteiger partial charge < -0.3 is 14.9 Å². The van der Waals surface area contributed by atoms with Gasteiger partial charge in [0.15, 0.2) is 17.5 Å². The molecule has 1 aliphatic heterocycles. The fourth-order valence-corrected chi connectivity index (χ4v) is 4.87. The van der Waals surface area contributed by atoms with Crippen molar-refractivity contribution in [3.05, 3.63) is 35.5 Å². The fourth-order valence-electron chi connectivity index (χ4n) is 3.48. The van der Waals surface area contributed by atoms with Crippen molar-refractivity contribution in [3.8, 4) is 11.4 Å². The van der Waals surface area contributed by atoms with Crippen LogP contribution in [-0.4, -0.2) is 53.2 Å². The Hall–Kier alpha value is -1.94. The number of hydrogen-bond acceptors (Lipinski definition) is 6. The Labute approximate surface area is 176 Å². The number of anilines is 1. The summed E-state index contributed by atoms with van der Waals surface area (Å²) in [5, 5.41) is 4.50. The minimum atomic E-state index is -1.05. The second kappa shape index (κ2) is 8.43. The Morgan fingerprint density at radius 1 is 1.38 bits per heavy atom. The molecule has 2 N–H and O–H groups in total. The van der Waals surface area contributed by atoms with E-state index in [2.05, 4.69) is 25.3 Å². The van der Waals surface area contributed by atoms with E-state index in [9.17, 15) is 8.94 Å². The predicted octanol–water partition coefficient (Wildman–Crippen LogP) is 3.76. The highest BCUT2D eigenvalue weighted by Crippen LogP contribution is 2.28. The largest absolute Gasteiger partial charge is 0.598 e. The number of aromatic nitrogens is 4. The molecule has 1 saturated heterocycles. The van der Waals surface area contributed by atoms with Crippen LogP contribution in [0.15, 0.2) is 24.7 Å². The molecule has 0 saturated carbocycles. The Balaban J connectivity index is 1.58. The number of nitrogens with zero attached hydrogens (tertiary/aromatic N) is 4. The maximum atomic E-state index is 14.4. The number of piperidine rings is 1. The molecule has 0 aromatic carbocycles. The van der Waals surface area contributed by atoms with Crippen molar-refractivity contribution in [2.45, 2.75) is 38.0 Å². The van der Waals surface area contributed by atoms with Gasteiger partial charge in [0.05, 0.1) is 17.8 Å². The zero-order valence-corrected chi connectivity index (χ0v) is 17.7. The molecule has 3 aromatic heterocycles. The molecule has 1 fully saturated rings. The molecule has 2 atom stereocenters. The van der Waals surface area contributed by atoms with Gasteiger partial charge in [-0.25, -0.2) is 19.3 Å². The van der Waals surface area contributed by atoms with Crippen LogP contribution < -0.4 is 5.32 Å². The molecule has 0 bridgehead atoms. The van der Waals surface area contributed by atoms with Gasteiger partial charge in [0, 0.05) is 47.3 Å². The lowest BCUT2D eigenvalue weighted by Crippen LogP contribution is -2.47. The molecule has 10 heteroatoms. The van der Waals surface area contributed by atoms with Crippen LogP contribution in [0.1, 0.15) is 26.7 Å². The van der Waals surface area contributed by atoms with Crippen LogP contribution in [0, 0.1) is 5.82 Å². The average Bonchev–Trinajstić information content (AvgIpc) is 3.12. The van der Waals surface area contributed by atoms with Crippen molar-refractivity contribution in [3.63, 3.8) is 0 Å². The number of H-pyrrole nitrogens is 1. The first-order valence-electron chi connectivity index (χ1n) is 9.50. The van der Waals surface area contributed by atoms with Gasteiger partial charge in [-0.2, -0.15) is 0 Å². The molecule has 0 spiro atoms. The Morgan fingerprint density at radius 2 is 2.21 bits per heavy atom. The summed E-state index contributed by atoms with van der Waals surface area (Å²) in [6.45, 7) is 5.23. The van der Waals surface area contributed by atoms with Gasteiger partial charge in [0.2, 0.25) is 0 Å². The van der Waals surface area contributed by atoms with Crippen molar-refractivity contribution in [2.75, 3.05) is 18.4 Å². The van der Waals surface area contributed by atoms with E-state index < -0.39 is 17.2 Å². The number of hydrogen-bond donors (Lipinski definition) is 2. The van der Waals surface area contributed by atoms with Gasteiger partial charge in [-0.15, -0.1) is 4.31 Å². The van der Waals surface area contributed by atoms with E-state index in [-0.39, 0.29) is 17.1 Å². The van der Waals surface area contributed by atoms with Crippen molar-refractivity contribution in [1.82, 2.24) is 24.2 Å². The van der Waals surface area contributed by atoms with E-state index in [1.807, 2.05) is 18.2 Å². The second-order valence-electron chi connectivity index (χ2n) is 7.34. The Bertz CT molecular complexity index is 1020. The third-order valence-electron chi connectivity index (χ3n) is 4.87. The summed E-state index contributed by atoms with van der Waals surface area (Å²) >= 11 is 5.02. The molecular formula is C19H22ClFN6OS. The first-order valence-corrected chi connectivity index (χ1v) is 11.0. The summed E-state index contributed by atoms with van der Waals surface area (Å²) in [6, 6.07) is 1.73. The number of fused-ring (bicyclic) bond motifs is 1. The number of nitrogens with one attached hydrogen (secondary N) is 2. The smallest absolute Gasteiger partial charge is 0.183 e. The molecule has 4 rings (SSSR count). The number of halogens is 2. The Morgan fingerprint density at radius 3 is 3.00 bits per heavy atom. The Kier molecular flexibility index (Phi) is 5.91. The van der Waals surface area contributed by atoms with Crippen LogP contribution in [0.3, 0.4) is 0 Å². The number of aromatic amines is 1. The van der Waals surface area contributed by atoms with Gasteiger partial charge in [-0.1, -0.05) is 11.6 Å². The molecule has 0 amide bonds. The first kappa shape index (κ1) is 20.3. The fraction of sp³-hybridized carbons (Fsp3) is 0.421. The van der Waals surface area contributed by atoms with Crippen LogP contribution in [0.25, 0.3) is 22.4 Å². The van der Waals surface area contributed by atoms with Crippen molar-refractivity contribution < 1.29 is 8.94 Å². The van der Waals surface area contributed by atoms with Crippen LogP contribution in [0.2, 0.25) is 5.02 Å². The maximum absolute atomic E-state index is 14.4. The minimum Gasteiger partial charge on any atom is -0.598 e. The molecule has 154 valence electrons. The summed E-state index contributed by atoms with van der Waals surface area (Å²) in [4.78, 5) is 15.8. The zero-order chi connectivity index (χ0) is 20.5. The average molecular weight is 437 g/mol. The lowest BCUT2D eigenvalue weighted by atomic mass is 10.1. The second-order valence-corrected chi connectivity index (χ2v) is 9.79. The van der Waals surface area contributed by atoms with Crippen LogP contribution in [0.5, 0.6) is 0 Å². The van der Waals surface area contributed by atoms with Crippen molar-refractivity contribution in [1.29, 1.82) is 0 Å². The highest BCUT2D eigenvalue weighted by Gasteiger charge is 2.30. The molecule has 4 heterocycles. The molecule has 0 aliphatic carbocycles. The standard InChI is InChI=1S/C19H22ClFN6OS/c1-11(2)29(28)27-5-3-4-13(10-27)25-19-16(21)9-24-18(26-19)15-8-23-17-14(15)6-12(20)7-22-17/h6-9,11,13H,3-5,10H2,1-2H3,(H,22,23)(H,24,25,26). The summed E-state index contributed by atoms with van der Waals surface area (Å²) in [5.41, 5.74) is 1.36. The molecule has 2 unspecified atom stereocenters. The lowest BCUT2D eigenvalue weighted by molar-refractivity contribution is 0.323. The summed E-state index contributed by atoms with van der Waals surface area (Å²) in [6.07, 6.45) is 6.20. The van der Waals surface area contributed by atoms with E-state index in [1.54, 1.807) is 18.5 Å². The third kappa shape index (κ3) is 4.32. The van der Waals surface area contributed by atoms with Crippen molar-refractivity contribution >= 4 is 39.8 Å². The molecule has 0 radical (unpaired) electrons. The topological polar surface area (TPSA) is 92.8 Å². The highest BCUT2D eigenvalue weighted by atomic mass is 35.5. The molecule has 29 heavy (non-hydrogen) atoms. The van der Waals surface area contributed by atoms with Gasteiger partial charge in [-0.05, 0) is 32.8 Å². The van der Waals surface area contributed by atoms with Gasteiger partial charge in [-0.3, -0.25) is 0 Å². The van der Waals surface area contributed by atoms with E-state index in [0.29, 0.717) is 28.6 Å². The summed E-state index contributed by atoms with van der Waals surface area (Å²) < 4.78 is 28.8. The summed E-state index contributed by atoms with van der Waals surface area (Å²) in [5.74, 6) is -0.00369. The minimum absolute atomic E-state index is 0.0391. The van der Waals surface area contributed by atoms with Gasteiger partial charge in [0.1, 0.15) is 10.9 Å². The maximum Gasteiger partial charge on any atom is 0.183 e. The highest BCUT2D eigenvalue weighted by molar-refractivity contribution is 7.89. The van der Waals surface area contributed by atoms with Gasteiger partial charge in [0.25, 0.3) is 0 Å². The SMILES string of the molecule is CC(C)[S+]([O-])N1CCCC(Nc2nc(-c3c[nH]c4ncc(Cl)cc34)ncc2F)C1.